The molecule has 0 atom stereocenters. The van der Waals surface area contributed by atoms with Crippen LogP contribution < -0.4 is 0 Å². The van der Waals surface area contributed by atoms with Crippen LogP contribution in [0.15, 0.2) is 24.4 Å². The third kappa shape index (κ3) is 3.17. The Kier molecular flexibility index (Phi) is 4.74. The van der Waals surface area contributed by atoms with Crippen LogP contribution in [0.3, 0.4) is 0 Å². The summed E-state index contributed by atoms with van der Waals surface area (Å²) < 4.78 is 0. The number of hydrogen-bond acceptors (Lipinski definition) is 3. The van der Waals surface area contributed by atoms with Crippen molar-refractivity contribution in [2.45, 2.75) is 26.7 Å². The fourth-order valence-corrected chi connectivity index (χ4v) is 2.52. The molecule has 108 valence electrons. The van der Waals surface area contributed by atoms with Crippen molar-refractivity contribution in [3.8, 4) is 0 Å². The molecule has 0 unspecified atom stereocenters. The molecule has 0 spiro atoms. The first-order valence-electron chi connectivity index (χ1n) is 7.12. The van der Waals surface area contributed by atoms with Gasteiger partial charge in [0.25, 0.3) is 5.69 Å². The van der Waals surface area contributed by atoms with E-state index in [4.69, 9.17) is 0 Å². The van der Waals surface area contributed by atoms with Crippen LogP contribution in [-0.4, -0.2) is 34.4 Å². The quantitative estimate of drug-likeness (QED) is 0.622. The van der Waals surface area contributed by atoms with Crippen molar-refractivity contribution in [1.29, 1.82) is 0 Å². The van der Waals surface area contributed by atoms with E-state index in [2.05, 4.69) is 23.7 Å². The molecule has 5 heteroatoms. The molecule has 0 aliphatic carbocycles. The Bertz CT molecular complexity index is 588. The number of benzene rings is 1. The molecule has 1 N–H and O–H groups in total. The topological polar surface area (TPSA) is 62.2 Å². The van der Waals surface area contributed by atoms with Gasteiger partial charge in [0, 0.05) is 29.2 Å². The van der Waals surface area contributed by atoms with Gasteiger partial charge in [-0.1, -0.05) is 13.8 Å². The van der Waals surface area contributed by atoms with Gasteiger partial charge in [0.1, 0.15) is 0 Å². The van der Waals surface area contributed by atoms with E-state index in [1.54, 1.807) is 18.2 Å². The summed E-state index contributed by atoms with van der Waals surface area (Å²) in [4.78, 5) is 16.1. The second kappa shape index (κ2) is 6.52. The number of aromatic amines is 1. The normalized spacial score (nSPS) is 11.3. The minimum absolute atomic E-state index is 0.155. The minimum Gasteiger partial charge on any atom is -0.361 e. The van der Waals surface area contributed by atoms with E-state index in [9.17, 15) is 10.1 Å². The summed E-state index contributed by atoms with van der Waals surface area (Å²) in [5, 5.41) is 11.8. The summed E-state index contributed by atoms with van der Waals surface area (Å²) in [5.41, 5.74) is 2.28. The lowest BCUT2D eigenvalue weighted by atomic mass is 10.1. The number of aryl methyl sites for hydroxylation is 1. The second-order valence-electron chi connectivity index (χ2n) is 4.93. The number of nitro groups is 1. The predicted octanol–water partition coefficient (Wildman–Crippen LogP) is 3.35. The molecule has 0 bridgehead atoms. The zero-order chi connectivity index (χ0) is 14.5. The number of aromatic nitrogens is 1. The molecule has 0 aliphatic rings. The molecular weight excluding hydrogens is 254 g/mol. The Hall–Kier alpha value is -1.88. The Morgan fingerprint density at radius 2 is 2.05 bits per heavy atom. The van der Waals surface area contributed by atoms with Crippen molar-refractivity contribution in [1.82, 2.24) is 9.88 Å². The summed E-state index contributed by atoms with van der Waals surface area (Å²) in [6, 6.07) is 4.98. The maximum Gasteiger partial charge on any atom is 0.270 e. The number of H-pyrrole nitrogens is 1. The second-order valence-corrected chi connectivity index (χ2v) is 4.93. The van der Waals surface area contributed by atoms with E-state index in [0.29, 0.717) is 0 Å². The summed E-state index contributed by atoms with van der Waals surface area (Å²) >= 11 is 0. The molecule has 1 heterocycles. The van der Waals surface area contributed by atoms with Crippen molar-refractivity contribution in [3.05, 3.63) is 40.1 Å². The molecule has 20 heavy (non-hydrogen) atoms. The average Bonchev–Trinajstić information content (AvgIpc) is 2.86. The summed E-state index contributed by atoms with van der Waals surface area (Å²) in [6.07, 6.45) is 3.98. The molecule has 0 amide bonds. The van der Waals surface area contributed by atoms with Gasteiger partial charge < -0.3 is 9.88 Å². The van der Waals surface area contributed by atoms with Gasteiger partial charge in [0.05, 0.1) is 4.92 Å². The average molecular weight is 275 g/mol. The number of non-ortho nitro benzene ring substituents is 1. The third-order valence-corrected chi connectivity index (χ3v) is 3.78. The molecule has 2 aromatic rings. The Balaban J connectivity index is 2.10. The maximum atomic E-state index is 10.8. The molecule has 1 aromatic heterocycles. The largest absolute Gasteiger partial charge is 0.361 e. The monoisotopic (exact) mass is 275 g/mol. The van der Waals surface area contributed by atoms with Crippen LogP contribution in [0, 0.1) is 10.1 Å². The molecule has 2 rings (SSSR count). The van der Waals surface area contributed by atoms with Crippen LogP contribution in [0.1, 0.15) is 25.8 Å². The Labute approximate surface area is 118 Å². The van der Waals surface area contributed by atoms with Gasteiger partial charge in [-0.15, -0.1) is 0 Å². The van der Waals surface area contributed by atoms with Gasteiger partial charge in [0.15, 0.2) is 0 Å². The fraction of sp³-hybridized carbons (Fsp3) is 0.467. The predicted molar refractivity (Wildman–Crippen MR) is 81.1 cm³/mol. The fourth-order valence-electron chi connectivity index (χ4n) is 2.52. The van der Waals surface area contributed by atoms with E-state index in [1.807, 2.05) is 6.20 Å². The maximum absolute atomic E-state index is 10.8. The summed E-state index contributed by atoms with van der Waals surface area (Å²) in [5.74, 6) is 0. The number of nitrogens with one attached hydrogen (secondary N) is 1. The minimum atomic E-state index is -0.341. The highest BCUT2D eigenvalue weighted by Crippen LogP contribution is 2.24. The highest BCUT2D eigenvalue weighted by molar-refractivity contribution is 5.85. The highest BCUT2D eigenvalue weighted by atomic mass is 16.6. The standard InChI is InChI=1S/C15H21N3O2/c1-3-17(4-2)9-5-6-12-11-16-15-8-7-13(18(19)20)10-14(12)15/h7-8,10-11,16H,3-6,9H2,1-2H3. The van der Waals surface area contributed by atoms with Gasteiger partial charge in [0.2, 0.25) is 0 Å². The van der Waals surface area contributed by atoms with Gasteiger partial charge >= 0.3 is 0 Å². The zero-order valence-electron chi connectivity index (χ0n) is 12.1. The molecule has 1 aromatic carbocycles. The molecule has 0 saturated heterocycles. The number of nitrogens with zero attached hydrogens (tertiary/aromatic N) is 2. The summed E-state index contributed by atoms with van der Waals surface area (Å²) in [7, 11) is 0. The number of nitro benzene ring substituents is 1. The zero-order valence-corrected chi connectivity index (χ0v) is 12.1. The SMILES string of the molecule is CCN(CC)CCCc1c[nH]c2ccc([N+](=O)[O-])cc12. The van der Waals surface area contributed by atoms with E-state index < -0.39 is 0 Å². The lowest BCUT2D eigenvalue weighted by Crippen LogP contribution is -2.24. The number of hydrogen-bond donors (Lipinski definition) is 1. The molecule has 0 aliphatic heterocycles. The van der Waals surface area contributed by atoms with Crippen molar-refractivity contribution < 1.29 is 4.92 Å². The van der Waals surface area contributed by atoms with Crippen molar-refractivity contribution >= 4 is 16.6 Å². The van der Waals surface area contributed by atoms with Crippen molar-refractivity contribution in [2.75, 3.05) is 19.6 Å². The molecule has 0 fully saturated rings. The van der Waals surface area contributed by atoms with E-state index >= 15 is 0 Å². The van der Waals surface area contributed by atoms with Gasteiger partial charge in [-0.05, 0) is 44.1 Å². The van der Waals surface area contributed by atoms with Gasteiger partial charge in [-0.25, -0.2) is 0 Å². The molecule has 0 saturated carbocycles. The smallest absolute Gasteiger partial charge is 0.270 e. The van der Waals surface area contributed by atoms with Crippen LogP contribution in [0.4, 0.5) is 5.69 Å². The van der Waals surface area contributed by atoms with Crippen LogP contribution >= 0.6 is 0 Å². The Morgan fingerprint density at radius 1 is 1.30 bits per heavy atom. The Morgan fingerprint density at radius 3 is 2.70 bits per heavy atom. The van der Waals surface area contributed by atoms with Crippen molar-refractivity contribution in [2.24, 2.45) is 0 Å². The first-order chi connectivity index (χ1) is 9.65. The third-order valence-electron chi connectivity index (χ3n) is 3.78. The van der Waals surface area contributed by atoms with Gasteiger partial charge in [-0.2, -0.15) is 0 Å². The van der Waals surface area contributed by atoms with Crippen LogP contribution in [0.5, 0.6) is 0 Å². The van der Waals surface area contributed by atoms with E-state index in [0.717, 1.165) is 48.9 Å². The first kappa shape index (κ1) is 14.5. The number of rotatable bonds is 7. The first-order valence-corrected chi connectivity index (χ1v) is 7.12. The van der Waals surface area contributed by atoms with Crippen LogP contribution in [0.25, 0.3) is 10.9 Å². The van der Waals surface area contributed by atoms with E-state index in [-0.39, 0.29) is 10.6 Å². The molecule has 5 nitrogen and oxygen atoms in total. The molecular formula is C15H21N3O2. The molecule has 0 radical (unpaired) electrons. The van der Waals surface area contributed by atoms with Crippen LogP contribution in [-0.2, 0) is 6.42 Å². The lowest BCUT2D eigenvalue weighted by Gasteiger charge is -2.17. The summed E-state index contributed by atoms with van der Waals surface area (Å²) in [6.45, 7) is 7.53. The van der Waals surface area contributed by atoms with Gasteiger partial charge in [-0.3, -0.25) is 10.1 Å². The highest BCUT2D eigenvalue weighted by Gasteiger charge is 2.10. The number of fused-ring (bicyclic) bond motifs is 1. The van der Waals surface area contributed by atoms with Crippen LogP contribution in [0.2, 0.25) is 0 Å². The van der Waals surface area contributed by atoms with E-state index in [1.165, 1.54) is 0 Å². The lowest BCUT2D eigenvalue weighted by molar-refractivity contribution is -0.384. The van der Waals surface area contributed by atoms with Crippen molar-refractivity contribution in [3.63, 3.8) is 0 Å².